The number of hydrogen-bond donors (Lipinski definition) is 1. The first kappa shape index (κ1) is 14.5. The van der Waals surface area contributed by atoms with Gasteiger partial charge >= 0.3 is 0 Å². The Morgan fingerprint density at radius 1 is 1.32 bits per heavy atom. The van der Waals surface area contributed by atoms with Crippen LogP contribution in [0.5, 0.6) is 0 Å². The largest absolute Gasteiger partial charge is 0.326 e. The lowest BCUT2D eigenvalue weighted by Crippen LogP contribution is -2.28. The molecule has 2 nitrogen and oxygen atoms in total. The lowest BCUT2D eigenvalue weighted by Gasteiger charge is -2.24. The molecule has 1 aromatic carbocycles. The van der Waals surface area contributed by atoms with Gasteiger partial charge in [0.05, 0.1) is 0 Å². The van der Waals surface area contributed by atoms with E-state index < -0.39 is 0 Å². The quantitative estimate of drug-likeness (QED) is 0.864. The monoisotopic (exact) mass is 276 g/mol. The second-order valence-electron chi connectivity index (χ2n) is 5.26. The molecule has 0 fully saturated rings. The van der Waals surface area contributed by atoms with Gasteiger partial charge in [0.2, 0.25) is 0 Å². The highest BCUT2D eigenvalue weighted by Crippen LogP contribution is 2.32. The summed E-state index contributed by atoms with van der Waals surface area (Å²) in [5.74, 6) is 0. The average molecular weight is 276 g/mol. The van der Waals surface area contributed by atoms with Crippen LogP contribution in [0.25, 0.3) is 10.1 Å². The Balaban J connectivity index is 2.28. The molecule has 1 aromatic heterocycles. The molecular formula is C16H24N2S. The van der Waals surface area contributed by atoms with Gasteiger partial charge in [-0.05, 0) is 37.4 Å². The van der Waals surface area contributed by atoms with Crippen LogP contribution in [0, 0.1) is 0 Å². The first-order valence-electron chi connectivity index (χ1n) is 7.07. The summed E-state index contributed by atoms with van der Waals surface area (Å²) in [6.07, 6.45) is 2.48. The molecule has 0 radical (unpaired) electrons. The standard InChI is InChI=1S/C16H24N2S/c1-4-7-12(2)18(3)11-14-13-8-5-6-9-15(13)19-16(14)10-17/h5-6,8-9,12H,4,7,10-11,17H2,1-3H3. The van der Waals surface area contributed by atoms with Gasteiger partial charge in [0.15, 0.2) is 0 Å². The Morgan fingerprint density at radius 3 is 2.74 bits per heavy atom. The average Bonchev–Trinajstić information content (AvgIpc) is 2.77. The Labute approximate surface area is 120 Å². The minimum absolute atomic E-state index is 0.620. The normalized spacial score (nSPS) is 13.3. The number of fused-ring (bicyclic) bond motifs is 1. The van der Waals surface area contributed by atoms with E-state index in [1.165, 1.54) is 33.4 Å². The van der Waals surface area contributed by atoms with Crippen molar-refractivity contribution in [3.05, 3.63) is 34.7 Å². The molecule has 0 aliphatic heterocycles. The molecule has 1 atom stereocenters. The molecule has 3 heteroatoms. The van der Waals surface area contributed by atoms with Gasteiger partial charge in [0, 0.05) is 28.7 Å². The van der Waals surface area contributed by atoms with Crippen LogP contribution >= 0.6 is 11.3 Å². The Hall–Kier alpha value is -0.900. The molecule has 0 saturated heterocycles. The molecule has 0 spiro atoms. The molecule has 19 heavy (non-hydrogen) atoms. The topological polar surface area (TPSA) is 29.3 Å². The lowest BCUT2D eigenvalue weighted by molar-refractivity contribution is 0.237. The van der Waals surface area contributed by atoms with E-state index in [4.69, 9.17) is 5.73 Å². The fourth-order valence-corrected chi connectivity index (χ4v) is 3.63. The van der Waals surface area contributed by atoms with Crippen molar-refractivity contribution in [3.63, 3.8) is 0 Å². The summed E-state index contributed by atoms with van der Waals surface area (Å²) in [4.78, 5) is 3.77. The molecule has 2 N–H and O–H groups in total. The van der Waals surface area contributed by atoms with Crippen LogP contribution in [-0.4, -0.2) is 18.0 Å². The number of hydrogen-bond acceptors (Lipinski definition) is 3. The molecule has 2 rings (SSSR count). The lowest BCUT2D eigenvalue weighted by atomic mass is 10.1. The maximum Gasteiger partial charge on any atom is 0.0349 e. The molecular weight excluding hydrogens is 252 g/mol. The molecule has 0 aliphatic carbocycles. The van der Waals surface area contributed by atoms with Crippen LogP contribution in [0.2, 0.25) is 0 Å². The second kappa shape index (κ2) is 6.51. The summed E-state index contributed by atoms with van der Waals surface area (Å²) in [7, 11) is 2.22. The minimum Gasteiger partial charge on any atom is -0.326 e. The maximum absolute atomic E-state index is 5.92. The van der Waals surface area contributed by atoms with E-state index in [0.717, 1.165) is 6.54 Å². The summed E-state index contributed by atoms with van der Waals surface area (Å²) in [6, 6.07) is 9.26. The third-order valence-electron chi connectivity index (χ3n) is 3.83. The highest BCUT2D eigenvalue weighted by Gasteiger charge is 2.15. The molecule has 104 valence electrons. The summed E-state index contributed by atoms with van der Waals surface area (Å²) >= 11 is 1.84. The minimum atomic E-state index is 0.620. The summed E-state index contributed by atoms with van der Waals surface area (Å²) in [5, 5.41) is 1.38. The van der Waals surface area contributed by atoms with Gasteiger partial charge in [-0.15, -0.1) is 11.3 Å². The van der Waals surface area contributed by atoms with E-state index in [9.17, 15) is 0 Å². The van der Waals surface area contributed by atoms with Gasteiger partial charge in [-0.3, -0.25) is 4.90 Å². The summed E-state index contributed by atoms with van der Waals surface area (Å²) in [6.45, 7) is 6.19. The highest BCUT2D eigenvalue weighted by molar-refractivity contribution is 7.19. The van der Waals surface area contributed by atoms with E-state index in [2.05, 4.69) is 50.1 Å². The van der Waals surface area contributed by atoms with Crippen molar-refractivity contribution in [2.24, 2.45) is 5.73 Å². The number of nitrogens with zero attached hydrogens (tertiary/aromatic N) is 1. The van der Waals surface area contributed by atoms with E-state index in [0.29, 0.717) is 12.6 Å². The Bertz CT molecular complexity index is 533. The summed E-state index contributed by atoms with van der Waals surface area (Å²) < 4.78 is 1.36. The van der Waals surface area contributed by atoms with E-state index in [-0.39, 0.29) is 0 Å². The first-order valence-corrected chi connectivity index (χ1v) is 7.88. The zero-order valence-corrected chi connectivity index (χ0v) is 13.0. The van der Waals surface area contributed by atoms with Gasteiger partial charge in [-0.25, -0.2) is 0 Å². The third-order valence-corrected chi connectivity index (χ3v) is 5.07. The van der Waals surface area contributed by atoms with Crippen LogP contribution in [0.3, 0.4) is 0 Å². The Kier molecular flexibility index (Phi) is 4.97. The molecule has 1 unspecified atom stereocenters. The van der Waals surface area contributed by atoms with Crippen molar-refractivity contribution in [3.8, 4) is 0 Å². The summed E-state index contributed by atoms with van der Waals surface area (Å²) in [5.41, 5.74) is 7.34. The number of nitrogens with two attached hydrogens (primary N) is 1. The van der Waals surface area contributed by atoms with E-state index >= 15 is 0 Å². The van der Waals surface area contributed by atoms with Crippen molar-refractivity contribution in [2.75, 3.05) is 7.05 Å². The molecule has 2 aromatic rings. The van der Waals surface area contributed by atoms with Crippen LogP contribution in [0.4, 0.5) is 0 Å². The second-order valence-corrected chi connectivity index (χ2v) is 6.39. The molecule has 0 amide bonds. The van der Waals surface area contributed by atoms with Crippen molar-refractivity contribution in [2.45, 2.75) is 45.8 Å². The van der Waals surface area contributed by atoms with E-state index in [1.807, 2.05) is 11.3 Å². The SMILES string of the molecule is CCCC(C)N(C)Cc1c(CN)sc2ccccc12. The van der Waals surface area contributed by atoms with Gasteiger partial charge in [-0.1, -0.05) is 31.5 Å². The van der Waals surface area contributed by atoms with E-state index in [1.54, 1.807) is 0 Å². The number of thiophene rings is 1. The fourth-order valence-electron chi connectivity index (χ4n) is 2.53. The maximum atomic E-state index is 5.92. The van der Waals surface area contributed by atoms with Gasteiger partial charge in [-0.2, -0.15) is 0 Å². The Morgan fingerprint density at radius 2 is 2.05 bits per heavy atom. The van der Waals surface area contributed by atoms with Gasteiger partial charge < -0.3 is 5.73 Å². The van der Waals surface area contributed by atoms with Crippen molar-refractivity contribution in [1.82, 2.24) is 4.90 Å². The van der Waals surface area contributed by atoms with Gasteiger partial charge in [0.25, 0.3) is 0 Å². The molecule has 0 aliphatic rings. The van der Waals surface area contributed by atoms with Crippen LogP contribution in [0.15, 0.2) is 24.3 Å². The third kappa shape index (κ3) is 3.16. The zero-order valence-electron chi connectivity index (χ0n) is 12.1. The first-order chi connectivity index (χ1) is 9.17. The van der Waals surface area contributed by atoms with Crippen LogP contribution < -0.4 is 5.73 Å². The fraction of sp³-hybridized carbons (Fsp3) is 0.500. The zero-order chi connectivity index (χ0) is 13.8. The highest BCUT2D eigenvalue weighted by atomic mass is 32.1. The number of rotatable bonds is 6. The molecule has 0 bridgehead atoms. The predicted octanol–water partition coefficient (Wildman–Crippen LogP) is 3.98. The predicted molar refractivity (Wildman–Crippen MR) is 85.6 cm³/mol. The van der Waals surface area contributed by atoms with Gasteiger partial charge in [0.1, 0.15) is 0 Å². The number of benzene rings is 1. The van der Waals surface area contributed by atoms with Crippen molar-refractivity contribution >= 4 is 21.4 Å². The molecule has 1 heterocycles. The van der Waals surface area contributed by atoms with Crippen molar-refractivity contribution in [1.29, 1.82) is 0 Å². The van der Waals surface area contributed by atoms with Crippen LogP contribution in [-0.2, 0) is 13.1 Å². The molecule has 0 saturated carbocycles. The smallest absolute Gasteiger partial charge is 0.0349 e. The van der Waals surface area contributed by atoms with Crippen LogP contribution in [0.1, 0.15) is 37.1 Å². The van der Waals surface area contributed by atoms with Crippen molar-refractivity contribution < 1.29 is 0 Å².